The molecule has 0 saturated heterocycles. The highest BCUT2D eigenvalue weighted by Gasteiger charge is 2.12. The van der Waals surface area contributed by atoms with Crippen LogP contribution in [0.25, 0.3) is 0 Å². The lowest BCUT2D eigenvalue weighted by molar-refractivity contribution is -0.120. The maximum absolute atomic E-state index is 13.1. The van der Waals surface area contributed by atoms with Crippen molar-refractivity contribution in [2.24, 2.45) is 0 Å². The van der Waals surface area contributed by atoms with Crippen molar-refractivity contribution in [3.8, 4) is 0 Å². The van der Waals surface area contributed by atoms with E-state index in [1.54, 1.807) is 0 Å². The van der Waals surface area contributed by atoms with Crippen LogP contribution in [0.1, 0.15) is 5.56 Å². The highest BCUT2D eigenvalue weighted by molar-refractivity contribution is 14.1. The Balaban J connectivity index is 2.68. The molecule has 1 N–H and O–H groups in total. The predicted octanol–water partition coefficient (Wildman–Crippen LogP) is 2.06. The second kappa shape index (κ2) is 5.99. The van der Waals surface area contributed by atoms with E-state index in [9.17, 15) is 13.6 Å². The third kappa shape index (κ3) is 3.73. The summed E-state index contributed by atoms with van der Waals surface area (Å²) in [4.78, 5) is 11.2. The zero-order chi connectivity index (χ0) is 11.3. The lowest BCUT2D eigenvalue weighted by Crippen LogP contribution is -2.27. The Bertz CT molecular complexity index is 337. The molecule has 0 bridgehead atoms. The zero-order valence-electron chi connectivity index (χ0n) is 7.90. The molecule has 15 heavy (non-hydrogen) atoms. The van der Waals surface area contributed by atoms with Crippen molar-refractivity contribution in [1.82, 2.24) is 5.32 Å². The summed E-state index contributed by atoms with van der Waals surface area (Å²) in [5.74, 6) is -1.73. The Hall–Kier alpha value is -0.720. The number of alkyl halides is 1. The van der Waals surface area contributed by atoms with E-state index < -0.39 is 11.6 Å². The van der Waals surface area contributed by atoms with E-state index in [4.69, 9.17) is 0 Å². The SMILES string of the molecule is O=C(Cc1c(F)cccc1F)NCCI. The molecular weight excluding hydrogens is 315 g/mol. The summed E-state index contributed by atoms with van der Waals surface area (Å²) in [5.41, 5.74) is -0.177. The quantitative estimate of drug-likeness (QED) is 0.666. The fourth-order valence-corrected chi connectivity index (χ4v) is 1.38. The van der Waals surface area contributed by atoms with Crippen molar-refractivity contribution in [2.75, 3.05) is 11.0 Å². The molecule has 0 unspecified atom stereocenters. The fraction of sp³-hybridized carbons (Fsp3) is 0.300. The number of amides is 1. The number of nitrogens with one attached hydrogen (secondary N) is 1. The van der Waals surface area contributed by atoms with E-state index in [1.165, 1.54) is 6.07 Å². The van der Waals surface area contributed by atoms with Crippen molar-refractivity contribution in [3.63, 3.8) is 0 Å². The van der Waals surface area contributed by atoms with Gasteiger partial charge in [-0.25, -0.2) is 8.78 Å². The molecule has 0 spiro atoms. The first-order chi connectivity index (χ1) is 7.15. The fourth-order valence-electron chi connectivity index (χ4n) is 1.11. The van der Waals surface area contributed by atoms with Gasteiger partial charge in [0.1, 0.15) is 11.6 Å². The molecule has 1 aromatic rings. The first-order valence-electron chi connectivity index (χ1n) is 4.40. The molecule has 0 aromatic heterocycles. The third-order valence-electron chi connectivity index (χ3n) is 1.82. The molecule has 0 atom stereocenters. The van der Waals surface area contributed by atoms with Gasteiger partial charge in [0.05, 0.1) is 6.42 Å². The summed E-state index contributed by atoms with van der Waals surface area (Å²) >= 11 is 2.10. The molecule has 0 fully saturated rings. The predicted molar refractivity (Wildman–Crippen MR) is 62.0 cm³/mol. The van der Waals surface area contributed by atoms with Crippen LogP contribution in [0.4, 0.5) is 8.78 Å². The standard InChI is InChI=1S/C10H10F2INO/c11-8-2-1-3-9(12)7(8)6-10(15)14-5-4-13/h1-3H,4-6H2,(H,14,15). The minimum atomic E-state index is -0.681. The molecular formula is C10H10F2INO. The lowest BCUT2D eigenvalue weighted by atomic mass is 10.1. The van der Waals surface area contributed by atoms with Crippen LogP contribution in [0.5, 0.6) is 0 Å². The van der Waals surface area contributed by atoms with Gasteiger partial charge in [-0.3, -0.25) is 4.79 Å². The summed E-state index contributed by atoms with van der Waals surface area (Å²) in [5, 5.41) is 2.56. The molecule has 0 aliphatic carbocycles. The van der Waals surface area contributed by atoms with E-state index in [0.717, 1.165) is 16.6 Å². The van der Waals surface area contributed by atoms with Gasteiger partial charge >= 0.3 is 0 Å². The van der Waals surface area contributed by atoms with Crippen molar-refractivity contribution in [1.29, 1.82) is 0 Å². The number of rotatable bonds is 4. The van der Waals surface area contributed by atoms with Crippen LogP contribution in [0, 0.1) is 11.6 Å². The van der Waals surface area contributed by atoms with Gasteiger partial charge in [-0.05, 0) is 12.1 Å². The Kier molecular flexibility index (Phi) is 4.93. The summed E-state index contributed by atoms with van der Waals surface area (Å²) in [6.45, 7) is 0.509. The largest absolute Gasteiger partial charge is 0.355 e. The summed E-state index contributed by atoms with van der Waals surface area (Å²) in [7, 11) is 0. The first kappa shape index (κ1) is 12.4. The maximum Gasteiger partial charge on any atom is 0.224 e. The number of benzene rings is 1. The van der Waals surface area contributed by atoms with Crippen molar-refractivity contribution in [3.05, 3.63) is 35.4 Å². The monoisotopic (exact) mass is 325 g/mol. The molecule has 0 aliphatic heterocycles. The average Bonchev–Trinajstić information content (AvgIpc) is 2.21. The molecule has 0 saturated carbocycles. The van der Waals surface area contributed by atoms with Crippen molar-refractivity contribution >= 4 is 28.5 Å². The number of halogens is 3. The van der Waals surface area contributed by atoms with Gasteiger partial charge in [0, 0.05) is 16.5 Å². The van der Waals surface area contributed by atoms with Crippen LogP contribution in [0.15, 0.2) is 18.2 Å². The minimum absolute atomic E-state index is 0.177. The first-order valence-corrected chi connectivity index (χ1v) is 5.93. The van der Waals surface area contributed by atoms with Gasteiger partial charge in [0.2, 0.25) is 5.91 Å². The van der Waals surface area contributed by atoms with Crippen LogP contribution in [0.2, 0.25) is 0 Å². The van der Waals surface area contributed by atoms with E-state index in [0.29, 0.717) is 6.54 Å². The Morgan fingerprint density at radius 2 is 1.93 bits per heavy atom. The van der Waals surface area contributed by atoms with Gasteiger partial charge in [-0.15, -0.1) is 0 Å². The van der Waals surface area contributed by atoms with Crippen molar-refractivity contribution in [2.45, 2.75) is 6.42 Å². The minimum Gasteiger partial charge on any atom is -0.355 e. The van der Waals surface area contributed by atoms with Crippen LogP contribution in [-0.2, 0) is 11.2 Å². The summed E-state index contributed by atoms with van der Waals surface area (Å²) < 4.78 is 27.0. The highest BCUT2D eigenvalue weighted by Crippen LogP contribution is 2.12. The normalized spacial score (nSPS) is 10.1. The highest BCUT2D eigenvalue weighted by atomic mass is 127. The molecule has 0 heterocycles. The number of carbonyl (C=O) groups is 1. The van der Waals surface area contributed by atoms with E-state index >= 15 is 0 Å². The second-order valence-corrected chi connectivity index (χ2v) is 3.99. The van der Waals surface area contributed by atoms with Gasteiger partial charge in [0.15, 0.2) is 0 Å². The van der Waals surface area contributed by atoms with Crippen LogP contribution >= 0.6 is 22.6 Å². The Labute approximate surface area is 100 Å². The molecule has 0 aliphatic rings. The molecule has 1 aromatic carbocycles. The van der Waals surface area contributed by atoms with E-state index in [-0.39, 0.29) is 17.9 Å². The topological polar surface area (TPSA) is 29.1 Å². The summed E-state index contributed by atoms with van der Waals surface area (Å²) in [6, 6.07) is 3.56. The van der Waals surface area contributed by atoms with Gasteiger partial charge in [-0.2, -0.15) is 0 Å². The van der Waals surface area contributed by atoms with E-state index in [2.05, 4.69) is 27.9 Å². The average molecular weight is 325 g/mol. The number of hydrogen-bond acceptors (Lipinski definition) is 1. The lowest BCUT2D eigenvalue weighted by Gasteiger charge is -2.05. The molecule has 82 valence electrons. The second-order valence-electron chi connectivity index (χ2n) is 2.92. The van der Waals surface area contributed by atoms with Crippen LogP contribution in [0.3, 0.4) is 0 Å². The number of carbonyl (C=O) groups excluding carboxylic acids is 1. The van der Waals surface area contributed by atoms with Gasteiger partial charge in [-0.1, -0.05) is 28.7 Å². The zero-order valence-corrected chi connectivity index (χ0v) is 10.1. The van der Waals surface area contributed by atoms with Crippen molar-refractivity contribution < 1.29 is 13.6 Å². The summed E-state index contributed by atoms with van der Waals surface area (Å²) in [6.07, 6.45) is -0.255. The molecule has 2 nitrogen and oxygen atoms in total. The van der Waals surface area contributed by atoms with Gasteiger partial charge < -0.3 is 5.32 Å². The number of hydrogen-bond donors (Lipinski definition) is 1. The van der Waals surface area contributed by atoms with Crippen LogP contribution < -0.4 is 5.32 Å². The molecule has 5 heteroatoms. The Morgan fingerprint density at radius 1 is 1.33 bits per heavy atom. The molecule has 1 rings (SSSR count). The third-order valence-corrected chi connectivity index (χ3v) is 2.36. The molecule has 0 radical (unpaired) electrons. The molecule has 1 amide bonds. The van der Waals surface area contributed by atoms with Gasteiger partial charge in [0.25, 0.3) is 0 Å². The van der Waals surface area contributed by atoms with Crippen LogP contribution in [-0.4, -0.2) is 16.9 Å². The smallest absolute Gasteiger partial charge is 0.224 e. The Morgan fingerprint density at radius 3 is 2.47 bits per heavy atom. The van der Waals surface area contributed by atoms with E-state index in [1.807, 2.05) is 0 Å². The maximum atomic E-state index is 13.1.